The molecular weight excluding hydrogens is 371 g/mol. The molecule has 2 heterocycles. The number of benzene rings is 1. The lowest BCUT2D eigenvalue weighted by atomic mass is 10.1. The normalized spacial score (nSPS) is 10.5. The summed E-state index contributed by atoms with van der Waals surface area (Å²) >= 11 is 0. The van der Waals surface area contributed by atoms with Crippen molar-refractivity contribution >= 4 is 35.2 Å². The Kier molecular flexibility index (Phi) is 6.59. The summed E-state index contributed by atoms with van der Waals surface area (Å²) in [5.41, 5.74) is 8.86. The lowest BCUT2D eigenvalue weighted by Gasteiger charge is -2.11. The summed E-state index contributed by atoms with van der Waals surface area (Å²) < 4.78 is 14.0. The van der Waals surface area contributed by atoms with E-state index in [-0.39, 0.29) is 36.5 Å². The molecule has 0 bridgehead atoms. The number of anilines is 1. The standard InChI is InChI=1S/C18H19FN6O.ClH/c1-25(2)16(26)9-21-8-11-5-12(7-13(19)6-11)14-3-4-15-17(24-14)18(20)23-10-22-15;/h3-7,10,21H,8-9H2,1-2H3,(H2,20,22,23);1H. The number of pyridine rings is 1. The number of carbonyl (C=O) groups is 1. The first-order valence-electron chi connectivity index (χ1n) is 8.02. The number of hydrogen-bond donors (Lipinski definition) is 2. The van der Waals surface area contributed by atoms with Crippen LogP contribution in [0.4, 0.5) is 10.2 Å². The van der Waals surface area contributed by atoms with Gasteiger partial charge in [0.15, 0.2) is 5.82 Å². The summed E-state index contributed by atoms with van der Waals surface area (Å²) in [5.74, 6) is -0.150. The lowest BCUT2D eigenvalue weighted by molar-refractivity contribution is -0.127. The molecule has 0 spiro atoms. The largest absolute Gasteiger partial charge is 0.382 e. The average Bonchev–Trinajstić information content (AvgIpc) is 2.61. The Balaban J connectivity index is 0.00000261. The maximum absolute atomic E-state index is 14.0. The summed E-state index contributed by atoms with van der Waals surface area (Å²) in [5, 5.41) is 3.01. The number of fused-ring (bicyclic) bond motifs is 1. The number of nitrogens with zero attached hydrogens (tertiary/aromatic N) is 4. The van der Waals surface area contributed by atoms with Gasteiger partial charge in [0.1, 0.15) is 17.7 Å². The minimum Gasteiger partial charge on any atom is -0.382 e. The first kappa shape index (κ1) is 20.5. The van der Waals surface area contributed by atoms with Gasteiger partial charge in [0.2, 0.25) is 5.91 Å². The SMILES string of the molecule is CN(C)C(=O)CNCc1cc(F)cc(-c2ccc3ncnc(N)c3n2)c1.Cl. The molecule has 142 valence electrons. The van der Waals surface area contributed by atoms with E-state index in [0.29, 0.717) is 34.4 Å². The zero-order valence-corrected chi connectivity index (χ0v) is 15.8. The van der Waals surface area contributed by atoms with Gasteiger partial charge < -0.3 is 16.0 Å². The third-order valence-corrected chi connectivity index (χ3v) is 3.87. The predicted molar refractivity (Wildman–Crippen MR) is 105 cm³/mol. The average molecular weight is 391 g/mol. The van der Waals surface area contributed by atoms with Crippen LogP contribution in [0.25, 0.3) is 22.3 Å². The number of hydrogen-bond acceptors (Lipinski definition) is 6. The molecule has 7 nitrogen and oxygen atoms in total. The lowest BCUT2D eigenvalue weighted by Crippen LogP contribution is -2.32. The first-order valence-corrected chi connectivity index (χ1v) is 8.02. The van der Waals surface area contributed by atoms with Crippen LogP contribution in [-0.2, 0) is 11.3 Å². The summed E-state index contributed by atoms with van der Waals surface area (Å²) in [6.45, 7) is 0.546. The van der Waals surface area contributed by atoms with Crippen LogP contribution in [0, 0.1) is 5.82 Å². The van der Waals surface area contributed by atoms with Crippen molar-refractivity contribution in [2.75, 3.05) is 26.4 Å². The van der Waals surface area contributed by atoms with E-state index in [0.717, 1.165) is 0 Å². The molecule has 3 rings (SSSR count). The van der Waals surface area contributed by atoms with E-state index in [1.807, 2.05) is 6.07 Å². The number of amides is 1. The van der Waals surface area contributed by atoms with Crippen LogP contribution < -0.4 is 11.1 Å². The Morgan fingerprint density at radius 3 is 2.74 bits per heavy atom. The van der Waals surface area contributed by atoms with Crippen molar-refractivity contribution in [3.05, 3.63) is 48.0 Å². The second-order valence-electron chi connectivity index (χ2n) is 6.06. The van der Waals surface area contributed by atoms with Crippen LogP contribution in [0.15, 0.2) is 36.7 Å². The van der Waals surface area contributed by atoms with E-state index in [2.05, 4.69) is 20.3 Å². The van der Waals surface area contributed by atoms with Gasteiger partial charge in [-0.2, -0.15) is 0 Å². The molecular formula is C18H20ClFN6O. The molecule has 2 aromatic heterocycles. The molecule has 9 heteroatoms. The summed E-state index contributed by atoms with van der Waals surface area (Å²) in [4.78, 5) is 25.6. The van der Waals surface area contributed by atoms with Gasteiger partial charge >= 0.3 is 0 Å². The molecule has 0 saturated carbocycles. The van der Waals surface area contributed by atoms with Gasteiger partial charge in [-0.05, 0) is 35.9 Å². The Bertz CT molecular complexity index is 966. The van der Waals surface area contributed by atoms with Gasteiger partial charge in [-0.1, -0.05) is 0 Å². The number of nitrogens with two attached hydrogens (primary N) is 1. The summed E-state index contributed by atoms with van der Waals surface area (Å²) in [6, 6.07) is 8.19. The van der Waals surface area contributed by atoms with Gasteiger partial charge in [-0.3, -0.25) is 4.79 Å². The minimum absolute atomic E-state index is 0. The van der Waals surface area contributed by atoms with E-state index in [1.54, 1.807) is 26.2 Å². The second kappa shape index (κ2) is 8.70. The van der Waals surface area contributed by atoms with Crippen molar-refractivity contribution in [1.29, 1.82) is 0 Å². The van der Waals surface area contributed by atoms with Gasteiger partial charge in [-0.15, -0.1) is 12.4 Å². The molecule has 0 aliphatic rings. The van der Waals surface area contributed by atoms with Crippen LogP contribution >= 0.6 is 12.4 Å². The Hall–Kier alpha value is -2.84. The highest BCUT2D eigenvalue weighted by Gasteiger charge is 2.09. The van der Waals surface area contributed by atoms with E-state index >= 15 is 0 Å². The molecule has 0 unspecified atom stereocenters. The summed E-state index contributed by atoms with van der Waals surface area (Å²) in [6.07, 6.45) is 1.38. The fourth-order valence-electron chi connectivity index (χ4n) is 2.49. The molecule has 0 radical (unpaired) electrons. The van der Waals surface area contributed by atoms with E-state index in [9.17, 15) is 9.18 Å². The fraction of sp³-hybridized carbons (Fsp3) is 0.222. The number of nitrogen functional groups attached to an aromatic ring is 1. The molecule has 27 heavy (non-hydrogen) atoms. The van der Waals surface area contributed by atoms with Gasteiger partial charge in [0.25, 0.3) is 0 Å². The molecule has 0 atom stereocenters. The van der Waals surface area contributed by atoms with Crippen molar-refractivity contribution in [3.8, 4) is 11.3 Å². The molecule has 3 N–H and O–H groups in total. The van der Waals surface area contributed by atoms with Crippen molar-refractivity contribution < 1.29 is 9.18 Å². The molecule has 1 amide bonds. The van der Waals surface area contributed by atoms with Crippen LogP contribution in [-0.4, -0.2) is 46.4 Å². The number of nitrogens with one attached hydrogen (secondary N) is 1. The highest BCUT2D eigenvalue weighted by Crippen LogP contribution is 2.24. The molecule has 0 saturated heterocycles. The number of halogens is 2. The molecule has 0 aliphatic heterocycles. The van der Waals surface area contributed by atoms with E-state index in [1.165, 1.54) is 23.4 Å². The van der Waals surface area contributed by atoms with Crippen molar-refractivity contribution in [1.82, 2.24) is 25.2 Å². The van der Waals surface area contributed by atoms with Gasteiger partial charge in [-0.25, -0.2) is 19.3 Å². The highest BCUT2D eigenvalue weighted by atomic mass is 35.5. The predicted octanol–water partition coefficient (Wildman–Crippen LogP) is 2.01. The Morgan fingerprint density at radius 2 is 2.00 bits per heavy atom. The van der Waals surface area contributed by atoms with Crippen LogP contribution in [0.2, 0.25) is 0 Å². The quantitative estimate of drug-likeness (QED) is 0.691. The molecule has 1 aromatic carbocycles. The fourth-order valence-corrected chi connectivity index (χ4v) is 2.49. The number of carbonyl (C=O) groups excluding carboxylic acids is 1. The molecule has 0 aliphatic carbocycles. The van der Waals surface area contributed by atoms with Crippen molar-refractivity contribution in [2.45, 2.75) is 6.54 Å². The van der Waals surface area contributed by atoms with E-state index in [4.69, 9.17) is 5.73 Å². The number of rotatable bonds is 5. The van der Waals surface area contributed by atoms with Crippen LogP contribution in [0.5, 0.6) is 0 Å². The smallest absolute Gasteiger partial charge is 0.236 e. The zero-order chi connectivity index (χ0) is 18.7. The van der Waals surface area contributed by atoms with Crippen molar-refractivity contribution in [2.24, 2.45) is 0 Å². The zero-order valence-electron chi connectivity index (χ0n) is 14.9. The number of likely N-dealkylation sites (N-methyl/N-ethyl adjacent to an activating group) is 1. The molecule has 3 aromatic rings. The first-order chi connectivity index (χ1) is 12.4. The summed E-state index contributed by atoms with van der Waals surface area (Å²) in [7, 11) is 3.37. The number of aromatic nitrogens is 3. The maximum Gasteiger partial charge on any atom is 0.236 e. The van der Waals surface area contributed by atoms with E-state index < -0.39 is 0 Å². The third-order valence-electron chi connectivity index (χ3n) is 3.87. The van der Waals surface area contributed by atoms with Gasteiger partial charge in [0, 0.05) is 26.2 Å². The minimum atomic E-state index is -0.377. The van der Waals surface area contributed by atoms with Crippen LogP contribution in [0.3, 0.4) is 0 Å². The third kappa shape index (κ3) is 4.87. The maximum atomic E-state index is 14.0. The monoisotopic (exact) mass is 390 g/mol. The van der Waals surface area contributed by atoms with Crippen LogP contribution in [0.1, 0.15) is 5.56 Å². The second-order valence-corrected chi connectivity index (χ2v) is 6.06. The topological polar surface area (TPSA) is 97.0 Å². The van der Waals surface area contributed by atoms with Gasteiger partial charge in [0.05, 0.1) is 17.8 Å². The molecule has 0 fully saturated rings. The Labute approximate surface area is 162 Å². The highest BCUT2D eigenvalue weighted by molar-refractivity contribution is 5.86. The Morgan fingerprint density at radius 1 is 1.22 bits per heavy atom. The van der Waals surface area contributed by atoms with Crippen molar-refractivity contribution in [3.63, 3.8) is 0 Å².